The Morgan fingerprint density at radius 1 is 1.05 bits per heavy atom. The number of aromatic nitrogens is 4. The average Bonchev–Trinajstić information content (AvgIpc) is 3.63. The van der Waals surface area contributed by atoms with E-state index < -0.39 is 0 Å². The van der Waals surface area contributed by atoms with Gasteiger partial charge in [0.25, 0.3) is 0 Å². The largest absolute Gasteiger partial charge is 0.378 e. The van der Waals surface area contributed by atoms with Crippen LogP contribution in [0.5, 0.6) is 0 Å². The number of rotatable bonds is 6. The van der Waals surface area contributed by atoms with Gasteiger partial charge in [0.15, 0.2) is 5.82 Å². The van der Waals surface area contributed by atoms with E-state index in [4.69, 9.17) is 19.7 Å². The number of carbonyl (C=O) groups excluding carboxylic acids is 2. The summed E-state index contributed by atoms with van der Waals surface area (Å²) in [6.45, 7) is 6.78. The molecule has 7 rings (SSSR count). The van der Waals surface area contributed by atoms with Gasteiger partial charge in [-0.05, 0) is 31.0 Å². The van der Waals surface area contributed by atoms with E-state index in [-0.39, 0.29) is 24.3 Å². The minimum Gasteiger partial charge on any atom is -0.378 e. The Kier molecular flexibility index (Phi) is 6.19. The second-order valence-corrected chi connectivity index (χ2v) is 11.6. The number of morpholine rings is 1. The first-order valence-corrected chi connectivity index (χ1v) is 14.6. The van der Waals surface area contributed by atoms with Crippen LogP contribution in [0.2, 0.25) is 0 Å². The molecule has 10 nitrogen and oxygen atoms in total. The van der Waals surface area contributed by atoms with Crippen LogP contribution in [0, 0.1) is 5.92 Å². The van der Waals surface area contributed by atoms with Gasteiger partial charge in [-0.15, -0.1) is 11.3 Å². The van der Waals surface area contributed by atoms with Crippen molar-refractivity contribution in [3.05, 3.63) is 41.0 Å². The van der Waals surface area contributed by atoms with E-state index in [9.17, 15) is 9.59 Å². The smallest absolute Gasteiger partial charge is 0.242 e. The van der Waals surface area contributed by atoms with Crippen molar-refractivity contribution >= 4 is 50.2 Å². The van der Waals surface area contributed by atoms with Crippen molar-refractivity contribution in [3.8, 4) is 5.95 Å². The van der Waals surface area contributed by atoms with Gasteiger partial charge in [-0.2, -0.15) is 4.98 Å². The van der Waals surface area contributed by atoms with Crippen molar-refractivity contribution in [3.63, 3.8) is 0 Å². The molecule has 2 saturated heterocycles. The fraction of sp³-hybridized carbons (Fsp3) is 0.464. The number of aryl methyl sites for hydroxylation is 1. The molecule has 5 heterocycles. The maximum absolute atomic E-state index is 13.0. The SMILES string of the molecule is CCc1nc2ccccc2n1-c1nc(N2CCOCC2)c2sc(CN3CCN(C(=O)C4CC4)CC3=O)cc2n1. The van der Waals surface area contributed by atoms with E-state index in [1.54, 1.807) is 16.2 Å². The van der Waals surface area contributed by atoms with E-state index in [1.165, 1.54) is 0 Å². The lowest BCUT2D eigenvalue weighted by molar-refractivity contribution is -0.146. The lowest BCUT2D eigenvalue weighted by Crippen LogP contribution is -2.52. The summed E-state index contributed by atoms with van der Waals surface area (Å²) < 4.78 is 8.71. The van der Waals surface area contributed by atoms with Crippen LogP contribution in [0.4, 0.5) is 5.82 Å². The Morgan fingerprint density at radius 2 is 1.87 bits per heavy atom. The number of benzene rings is 1. The van der Waals surface area contributed by atoms with Crippen molar-refractivity contribution in [2.24, 2.45) is 5.92 Å². The zero-order valence-corrected chi connectivity index (χ0v) is 22.8. The van der Waals surface area contributed by atoms with E-state index in [1.807, 2.05) is 23.1 Å². The molecule has 0 N–H and O–H groups in total. The highest BCUT2D eigenvalue weighted by Crippen LogP contribution is 2.35. The van der Waals surface area contributed by atoms with Crippen LogP contribution >= 0.6 is 11.3 Å². The normalized spacial score (nSPS) is 18.5. The van der Waals surface area contributed by atoms with Crippen LogP contribution in [-0.2, 0) is 27.3 Å². The molecule has 4 aromatic rings. The van der Waals surface area contributed by atoms with Crippen molar-refractivity contribution in [2.45, 2.75) is 32.7 Å². The number of hydrogen-bond acceptors (Lipinski definition) is 8. The van der Waals surface area contributed by atoms with Gasteiger partial charge in [0, 0.05) is 43.4 Å². The summed E-state index contributed by atoms with van der Waals surface area (Å²) in [7, 11) is 0. The summed E-state index contributed by atoms with van der Waals surface area (Å²) >= 11 is 1.65. The minimum absolute atomic E-state index is 0.00496. The van der Waals surface area contributed by atoms with Gasteiger partial charge in [0.1, 0.15) is 5.82 Å². The topological polar surface area (TPSA) is 96.7 Å². The second-order valence-electron chi connectivity index (χ2n) is 10.4. The number of imidazole rings is 1. The van der Waals surface area contributed by atoms with Gasteiger partial charge in [0.05, 0.1) is 47.6 Å². The second kappa shape index (κ2) is 9.87. The molecule has 3 fully saturated rings. The Bertz CT molecular complexity index is 1570. The fourth-order valence-electron chi connectivity index (χ4n) is 5.50. The third-order valence-electron chi connectivity index (χ3n) is 7.75. The summed E-state index contributed by atoms with van der Waals surface area (Å²) in [6, 6.07) is 10.2. The average molecular weight is 546 g/mol. The zero-order valence-electron chi connectivity index (χ0n) is 22.0. The third-order valence-corrected chi connectivity index (χ3v) is 8.86. The highest BCUT2D eigenvalue weighted by atomic mass is 32.1. The molecule has 0 spiro atoms. The number of piperazine rings is 1. The van der Waals surface area contributed by atoms with Crippen molar-refractivity contribution < 1.29 is 14.3 Å². The van der Waals surface area contributed by atoms with Crippen molar-refractivity contribution in [1.82, 2.24) is 29.3 Å². The number of amides is 2. The molecule has 11 heteroatoms. The molecule has 2 aliphatic heterocycles. The Labute approximate surface area is 230 Å². The molecule has 1 aliphatic carbocycles. The Balaban J connectivity index is 1.24. The monoisotopic (exact) mass is 545 g/mol. The van der Waals surface area contributed by atoms with E-state index in [0.717, 1.165) is 70.1 Å². The number of nitrogens with zero attached hydrogens (tertiary/aromatic N) is 7. The molecular weight excluding hydrogens is 514 g/mol. The van der Waals surface area contributed by atoms with Crippen LogP contribution in [0.3, 0.4) is 0 Å². The summed E-state index contributed by atoms with van der Waals surface area (Å²) in [4.78, 5) is 47.3. The number of thiophene rings is 1. The number of anilines is 1. The third kappa shape index (κ3) is 4.53. The van der Waals surface area contributed by atoms with Crippen LogP contribution < -0.4 is 4.90 Å². The highest BCUT2D eigenvalue weighted by molar-refractivity contribution is 7.19. The maximum Gasteiger partial charge on any atom is 0.242 e. The zero-order chi connectivity index (χ0) is 26.5. The lowest BCUT2D eigenvalue weighted by atomic mass is 10.2. The molecule has 0 bridgehead atoms. The predicted octanol–water partition coefficient (Wildman–Crippen LogP) is 3.01. The number of hydrogen-bond donors (Lipinski definition) is 0. The van der Waals surface area contributed by atoms with Crippen molar-refractivity contribution in [2.75, 3.05) is 50.8 Å². The first-order chi connectivity index (χ1) is 19.1. The van der Waals surface area contributed by atoms with Crippen LogP contribution in [-0.4, -0.2) is 87.1 Å². The number of ether oxygens (including phenoxy) is 1. The van der Waals surface area contributed by atoms with Gasteiger partial charge in [-0.25, -0.2) is 9.97 Å². The highest BCUT2D eigenvalue weighted by Gasteiger charge is 2.36. The molecule has 0 radical (unpaired) electrons. The molecule has 1 saturated carbocycles. The molecule has 3 aromatic heterocycles. The first-order valence-electron chi connectivity index (χ1n) is 13.8. The van der Waals surface area contributed by atoms with Crippen LogP contribution in [0.25, 0.3) is 27.2 Å². The van der Waals surface area contributed by atoms with Gasteiger partial charge in [-0.1, -0.05) is 19.1 Å². The van der Waals surface area contributed by atoms with Gasteiger partial charge in [-0.3, -0.25) is 14.2 Å². The molecule has 202 valence electrons. The van der Waals surface area contributed by atoms with Crippen molar-refractivity contribution in [1.29, 1.82) is 0 Å². The first kappa shape index (κ1) is 24.5. The number of fused-ring (bicyclic) bond motifs is 2. The summed E-state index contributed by atoms with van der Waals surface area (Å²) in [6.07, 6.45) is 2.67. The van der Waals surface area contributed by atoms with E-state index in [2.05, 4.69) is 28.5 Å². The molecule has 0 atom stereocenters. The molecule has 2 amide bonds. The van der Waals surface area contributed by atoms with E-state index in [0.29, 0.717) is 38.8 Å². The lowest BCUT2D eigenvalue weighted by Gasteiger charge is -2.34. The fourth-order valence-corrected chi connectivity index (χ4v) is 6.62. The molecule has 3 aliphatic rings. The van der Waals surface area contributed by atoms with Crippen LogP contribution in [0.1, 0.15) is 30.5 Å². The van der Waals surface area contributed by atoms with Crippen LogP contribution in [0.15, 0.2) is 30.3 Å². The summed E-state index contributed by atoms with van der Waals surface area (Å²) in [5, 5.41) is 0. The number of carbonyl (C=O) groups is 2. The standard InChI is InChI=1S/C28H31N7O3S/c1-2-23-29-20-5-3-4-6-22(20)35(23)28-30-21-15-19(39-25(21)26(31-28)32-11-13-38-14-12-32)16-33-9-10-34(17-24(33)36)27(37)18-7-8-18/h3-6,15,18H,2,7-14,16-17H2,1H3. The minimum atomic E-state index is 0.00496. The summed E-state index contributed by atoms with van der Waals surface area (Å²) in [5.41, 5.74) is 2.78. The summed E-state index contributed by atoms with van der Waals surface area (Å²) in [5.74, 6) is 2.72. The van der Waals surface area contributed by atoms with Gasteiger partial charge >= 0.3 is 0 Å². The van der Waals surface area contributed by atoms with Gasteiger partial charge < -0.3 is 19.4 Å². The maximum atomic E-state index is 13.0. The quantitative estimate of drug-likeness (QED) is 0.368. The van der Waals surface area contributed by atoms with E-state index >= 15 is 0 Å². The Morgan fingerprint density at radius 3 is 2.64 bits per heavy atom. The number of para-hydroxylation sites is 2. The predicted molar refractivity (Wildman–Crippen MR) is 149 cm³/mol. The molecule has 0 unspecified atom stereocenters. The molecular formula is C28H31N7O3S. The molecule has 39 heavy (non-hydrogen) atoms. The van der Waals surface area contributed by atoms with Gasteiger partial charge in [0.2, 0.25) is 17.8 Å². The molecule has 1 aromatic carbocycles. The Hall–Kier alpha value is -3.57.